The van der Waals surface area contributed by atoms with Crippen LogP contribution in [0.2, 0.25) is 0 Å². The highest BCUT2D eigenvalue weighted by molar-refractivity contribution is 4.95. The minimum atomic E-state index is -1.77. The number of aliphatic hydroxyl groups excluding tert-OH is 9. The van der Waals surface area contributed by atoms with Crippen LogP contribution in [0.5, 0.6) is 0 Å². The highest BCUT2D eigenvalue weighted by Crippen LogP contribution is 2.32. The van der Waals surface area contributed by atoms with Crippen molar-refractivity contribution in [2.24, 2.45) is 0 Å². The molecule has 0 aromatic heterocycles. The lowest BCUT2D eigenvalue weighted by molar-refractivity contribution is -0.374. The van der Waals surface area contributed by atoms with E-state index in [0.29, 0.717) is 0 Å². The molecule has 15 atom stereocenters. The molecule has 3 fully saturated rings. The molecular formula is C18H32O14. The summed E-state index contributed by atoms with van der Waals surface area (Å²) in [5, 5.41) is 90.3. The van der Waals surface area contributed by atoms with Crippen LogP contribution in [0, 0.1) is 0 Å². The lowest BCUT2D eigenvalue weighted by Crippen LogP contribution is -2.65. The second kappa shape index (κ2) is 10.4. The molecule has 1 unspecified atom stereocenters. The third-order valence-corrected chi connectivity index (χ3v) is 6.01. The molecule has 0 aromatic rings. The average molecular weight is 472 g/mol. The SMILES string of the molecule is C[C@@H]1O[C@@H](O[C@@H]2[C@@H](O)[C@H](C)O[C@@H](O[C@H]3[C@H](O)[C@@H](O)C(O)O[C@@H]3CO)[C@@H]2O)[C@H](O)[C@H](O)[C@H]1O. The van der Waals surface area contributed by atoms with E-state index >= 15 is 0 Å². The van der Waals surface area contributed by atoms with E-state index in [-0.39, 0.29) is 0 Å². The Morgan fingerprint density at radius 2 is 1.09 bits per heavy atom. The van der Waals surface area contributed by atoms with Gasteiger partial charge in [-0.05, 0) is 13.8 Å². The number of ether oxygens (including phenoxy) is 5. The fourth-order valence-corrected chi connectivity index (χ4v) is 3.94. The topological polar surface area (TPSA) is 228 Å². The van der Waals surface area contributed by atoms with Gasteiger partial charge in [0.25, 0.3) is 0 Å². The Morgan fingerprint density at radius 3 is 1.69 bits per heavy atom. The largest absolute Gasteiger partial charge is 0.394 e. The number of hydrogen-bond acceptors (Lipinski definition) is 14. The molecule has 3 aliphatic rings. The van der Waals surface area contributed by atoms with Gasteiger partial charge in [-0.2, -0.15) is 0 Å². The first kappa shape index (κ1) is 26.1. The Kier molecular flexibility index (Phi) is 8.44. The van der Waals surface area contributed by atoms with Crippen molar-refractivity contribution in [2.45, 2.75) is 106 Å². The maximum absolute atomic E-state index is 10.7. The van der Waals surface area contributed by atoms with E-state index in [1.165, 1.54) is 13.8 Å². The molecule has 188 valence electrons. The molecule has 14 nitrogen and oxygen atoms in total. The molecule has 0 bridgehead atoms. The lowest BCUT2D eigenvalue weighted by Gasteiger charge is -2.47. The van der Waals surface area contributed by atoms with Gasteiger partial charge < -0.3 is 69.6 Å². The third-order valence-electron chi connectivity index (χ3n) is 6.01. The van der Waals surface area contributed by atoms with E-state index in [4.69, 9.17) is 23.7 Å². The summed E-state index contributed by atoms with van der Waals surface area (Å²) < 4.78 is 26.8. The van der Waals surface area contributed by atoms with Gasteiger partial charge in [0, 0.05) is 0 Å². The van der Waals surface area contributed by atoms with E-state index in [1.807, 2.05) is 0 Å². The van der Waals surface area contributed by atoms with Crippen LogP contribution >= 0.6 is 0 Å². The van der Waals surface area contributed by atoms with Crippen molar-refractivity contribution >= 4 is 0 Å². The summed E-state index contributed by atoms with van der Waals surface area (Å²) >= 11 is 0. The van der Waals surface area contributed by atoms with Crippen LogP contribution in [0.15, 0.2) is 0 Å². The minimum Gasteiger partial charge on any atom is -0.394 e. The Morgan fingerprint density at radius 1 is 0.562 bits per heavy atom. The molecule has 0 aromatic carbocycles. The van der Waals surface area contributed by atoms with Crippen molar-refractivity contribution in [2.75, 3.05) is 6.61 Å². The van der Waals surface area contributed by atoms with Gasteiger partial charge in [-0.1, -0.05) is 0 Å². The van der Waals surface area contributed by atoms with Crippen molar-refractivity contribution in [3.05, 3.63) is 0 Å². The molecule has 32 heavy (non-hydrogen) atoms. The molecule has 3 saturated heterocycles. The molecule has 0 spiro atoms. The maximum atomic E-state index is 10.7. The molecule has 0 aliphatic carbocycles. The van der Waals surface area contributed by atoms with Crippen LogP contribution in [0.3, 0.4) is 0 Å². The Hall–Kier alpha value is -0.560. The first-order valence-corrected chi connectivity index (χ1v) is 10.3. The van der Waals surface area contributed by atoms with Crippen LogP contribution < -0.4 is 0 Å². The molecule has 3 rings (SSSR count). The first-order chi connectivity index (χ1) is 15.0. The van der Waals surface area contributed by atoms with Crippen molar-refractivity contribution < 1.29 is 69.6 Å². The van der Waals surface area contributed by atoms with E-state index in [9.17, 15) is 46.0 Å². The third kappa shape index (κ3) is 4.94. The van der Waals surface area contributed by atoms with Crippen LogP contribution in [-0.4, -0.2) is 145 Å². The minimum absolute atomic E-state index is 0.702. The van der Waals surface area contributed by atoms with E-state index < -0.39 is 98.7 Å². The van der Waals surface area contributed by atoms with Crippen molar-refractivity contribution in [1.29, 1.82) is 0 Å². The Labute approximate surface area is 183 Å². The molecule has 3 aliphatic heterocycles. The van der Waals surface area contributed by atoms with Gasteiger partial charge in [0.05, 0.1) is 18.8 Å². The van der Waals surface area contributed by atoms with Crippen molar-refractivity contribution in [1.82, 2.24) is 0 Å². The average Bonchev–Trinajstić information content (AvgIpc) is 2.76. The van der Waals surface area contributed by atoms with Gasteiger partial charge in [-0.15, -0.1) is 0 Å². The van der Waals surface area contributed by atoms with E-state index in [0.717, 1.165) is 0 Å². The van der Waals surface area contributed by atoms with Crippen LogP contribution in [0.25, 0.3) is 0 Å². The summed E-state index contributed by atoms with van der Waals surface area (Å²) in [6.07, 6.45) is -22.3. The summed E-state index contributed by atoms with van der Waals surface area (Å²) in [4.78, 5) is 0. The number of aliphatic hydroxyl groups is 9. The van der Waals surface area contributed by atoms with Crippen molar-refractivity contribution in [3.8, 4) is 0 Å². The summed E-state index contributed by atoms with van der Waals surface area (Å²) in [7, 11) is 0. The molecule has 0 amide bonds. The Bertz CT molecular complexity index is 608. The normalized spacial score (nSPS) is 55.0. The van der Waals surface area contributed by atoms with Crippen LogP contribution in [0.1, 0.15) is 13.8 Å². The second-order valence-corrected chi connectivity index (χ2v) is 8.30. The van der Waals surface area contributed by atoms with Gasteiger partial charge >= 0.3 is 0 Å². The zero-order valence-electron chi connectivity index (χ0n) is 17.4. The van der Waals surface area contributed by atoms with Crippen LogP contribution in [-0.2, 0) is 23.7 Å². The number of hydrogen-bond donors (Lipinski definition) is 9. The summed E-state index contributed by atoms with van der Waals surface area (Å²) in [6.45, 7) is 2.16. The van der Waals surface area contributed by atoms with Gasteiger partial charge in [-0.25, -0.2) is 0 Å². The molecule has 14 heteroatoms. The molecule has 0 radical (unpaired) electrons. The monoisotopic (exact) mass is 472 g/mol. The van der Waals surface area contributed by atoms with Gasteiger partial charge in [-0.3, -0.25) is 0 Å². The number of rotatable bonds is 5. The summed E-state index contributed by atoms with van der Waals surface area (Å²) in [5.41, 5.74) is 0. The molecule has 0 saturated carbocycles. The lowest BCUT2D eigenvalue weighted by atomic mass is 9.96. The molecule has 9 N–H and O–H groups in total. The smallest absolute Gasteiger partial charge is 0.187 e. The quantitative estimate of drug-likeness (QED) is 0.182. The standard InChI is InChI=1S/C18H32O14/c1-4-7(20)9(22)12(25)17(28-4)32-15-8(21)5(2)29-18(13(15)26)31-14-6(3-19)30-16(27)11(24)10(14)23/h4-27H,3H2,1-2H3/t4-,5-,6+,7-,8-,9+,10+,11+,12+,13+,14+,15+,16?,17-,18-/m0/s1. The van der Waals surface area contributed by atoms with Gasteiger partial charge in [0.15, 0.2) is 18.9 Å². The summed E-state index contributed by atoms with van der Waals surface area (Å²) in [6, 6.07) is 0. The first-order valence-electron chi connectivity index (χ1n) is 10.3. The Balaban J connectivity index is 1.74. The van der Waals surface area contributed by atoms with E-state index in [1.54, 1.807) is 0 Å². The molecule has 3 heterocycles. The van der Waals surface area contributed by atoms with Gasteiger partial charge in [0.2, 0.25) is 0 Å². The zero-order valence-corrected chi connectivity index (χ0v) is 17.4. The fraction of sp³-hybridized carbons (Fsp3) is 1.00. The highest BCUT2D eigenvalue weighted by atomic mass is 16.7. The van der Waals surface area contributed by atoms with Gasteiger partial charge in [0.1, 0.15) is 61.0 Å². The molecular weight excluding hydrogens is 440 g/mol. The maximum Gasteiger partial charge on any atom is 0.187 e. The van der Waals surface area contributed by atoms with Crippen LogP contribution in [0.4, 0.5) is 0 Å². The zero-order chi connectivity index (χ0) is 23.9. The highest BCUT2D eigenvalue weighted by Gasteiger charge is 2.52. The summed E-state index contributed by atoms with van der Waals surface area (Å²) in [5.74, 6) is 0. The second-order valence-electron chi connectivity index (χ2n) is 8.30. The van der Waals surface area contributed by atoms with E-state index in [2.05, 4.69) is 0 Å². The predicted molar refractivity (Wildman–Crippen MR) is 98.4 cm³/mol. The van der Waals surface area contributed by atoms with Crippen molar-refractivity contribution in [3.63, 3.8) is 0 Å². The predicted octanol–water partition coefficient (Wildman–Crippen LogP) is -5.52. The fourth-order valence-electron chi connectivity index (χ4n) is 3.94.